The van der Waals surface area contributed by atoms with Gasteiger partial charge in [0.25, 0.3) is 11.7 Å². The standard InChI is InChI=1S/C16H21FN2O2/c1-10(2)18(11(3)4)7-8-19-14-6-5-12(17)9-13(14)15(20)16(19)21/h5-6,9-11H,7-8H2,1-4H3. The van der Waals surface area contributed by atoms with Gasteiger partial charge in [-0.2, -0.15) is 0 Å². The van der Waals surface area contributed by atoms with E-state index in [9.17, 15) is 14.0 Å². The van der Waals surface area contributed by atoms with Crippen LogP contribution in [0.15, 0.2) is 18.2 Å². The summed E-state index contributed by atoms with van der Waals surface area (Å²) in [5.41, 5.74) is 0.680. The van der Waals surface area contributed by atoms with E-state index in [-0.39, 0.29) is 5.56 Å². The minimum Gasteiger partial charge on any atom is -0.303 e. The molecule has 0 aromatic heterocycles. The monoisotopic (exact) mass is 292 g/mol. The number of carbonyl (C=O) groups is 2. The molecule has 5 heteroatoms. The predicted octanol–water partition coefficient (Wildman–Crippen LogP) is 2.47. The Labute approximate surface area is 124 Å². The molecule has 21 heavy (non-hydrogen) atoms. The van der Waals surface area contributed by atoms with Crippen molar-refractivity contribution in [2.24, 2.45) is 0 Å². The van der Waals surface area contributed by atoms with Gasteiger partial charge in [0, 0.05) is 25.2 Å². The summed E-state index contributed by atoms with van der Waals surface area (Å²) in [5, 5.41) is 0. The van der Waals surface area contributed by atoms with E-state index in [1.165, 1.54) is 17.0 Å². The van der Waals surface area contributed by atoms with E-state index in [2.05, 4.69) is 32.6 Å². The molecule has 0 N–H and O–H groups in total. The molecule has 1 aromatic carbocycles. The summed E-state index contributed by atoms with van der Waals surface area (Å²) in [6, 6.07) is 4.62. The second-order valence-corrected chi connectivity index (χ2v) is 5.87. The number of amides is 1. The van der Waals surface area contributed by atoms with E-state index in [1.807, 2.05) is 0 Å². The van der Waals surface area contributed by atoms with Crippen molar-refractivity contribution in [1.29, 1.82) is 0 Å². The maximum Gasteiger partial charge on any atom is 0.299 e. The van der Waals surface area contributed by atoms with Crippen LogP contribution in [-0.2, 0) is 4.79 Å². The lowest BCUT2D eigenvalue weighted by molar-refractivity contribution is -0.114. The molecule has 1 aliphatic heterocycles. The smallest absolute Gasteiger partial charge is 0.299 e. The number of carbonyl (C=O) groups excluding carboxylic acids is 2. The number of fused-ring (bicyclic) bond motifs is 1. The van der Waals surface area contributed by atoms with Crippen LogP contribution < -0.4 is 4.90 Å². The number of Topliss-reactive ketones (excluding diaryl/α,β-unsaturated/α-hetero) is 1. The van der Waals surface area contributed by atoms with E-state index in [0.717, 1.165) is 6.07 Å². The van der Waals surface area contributed by atoms with Crippen LogP contribution in [0.5, 0.6) is 0 Å². The Kier molecular flexibility index (Phi) is 4.42. The van der Waals surface area contributed by atoms with E-state index in [1.54, 1.807) is 0 Å². The summed E-state index contributed by atoms with van der Waals surface area (Å²) in [6.45, 7) is 9.49. The average Bonchev–Trinajstić information content (AvgIpc) is 2.63. The molecule has 0 spiro atoms. The number of nitrogens with zero attached hydrogens (tertiary/aromatic N) is 2. The molecule has 1 aliphatic rings. The third kappa shape index (κ3) is 2.97. The van der Waals surface area contributed by atoms with Gasteiger partial charge in [-0.15, -0.1) is 0 Å². The third-order valence-corrected chi connectivity index (χ3v) is 3.84. The SMILES string of the molecule is CC(C)N(CCN1C(=O)C(=O)c2cc(F)ccc21)C(C)C. The second kappa shape index (κ2) is 5.93. The topological polar surface area (TPSA) is 40.6 Å². The number of benzene rings is 1. The van der Waals surface area contributed by atoms with E-state index < -0.39 is 17.5 Å². The highest BCUT2D eigenvalue weighted by Crippen LogP contribution is 2.29. The van der Waals surface area contributed by atoms with Crippen LogP contribution in [0.25, 0.3) is 0 Å². The van der Waals surface area contributed by atoms with Gasteiger partial charge in [-0.05, 0) is 45.9 Å². The Morgan fingerprint density at radius 2 is 1.76 bits per heavy atom. The van der Waals surface area contributed by atoms with Crippen molar-refractivity contribution in [3.8, 4) is 0 Å². The predicted molar refractivity (Wildman–Crippen MR) is 80.1 cm³/mol. The lowest BCUT2D eigenvalue weighted by Gasteiger charge is -2.32. The van der Waals surface area contributed by atoms with Crippen LogP contribution in [0.3, 0.4) is 0 Å². The highest BCUT2D eigenvalue weighted by atomic mass is 19.1. The van der Waals surface area contributed by atoms with Gasteiger partial charge in [-0.1, -0.05) is 0 Å². The lowest BCUT2D eigenvalue weighted by atomic mass is 10.1. The molecule has 0 fully saturated rings. The zero-order chi connectivity index (χ0) is 15.7. The molecule has 0 unspecified atom stereocenters. The number of anilines is 1. The number of hydrogen-bond donors (Lipinski definition) is 0. The molecule has 0 bridgehead atoms. The van der Waals surface area contributed by atoms with Crippen LogP contribution >= 0.6 is 0 Å². The molecule has 1 aromatic rings. The zero-order valence-electron chi connectivity index (χ0n) is 12.9. The number of rotatable bonds is 5. The fraction of sp³-hybridized carbons (Fsp3) is 0.500. The molecule has 0 radical (unpaired) electrons. The first kappa shape index (κ1) is 15.6. The van der Waals surface area contributed by atoms with Crippen molar-refractivity contribution < 1.29 is 14.0 Å². The number of hydrogen-bond acceptors (Lipinski definition) is 3. The summed E-state index contributed by atoms with van der Waals surface area (Å²) in [5.74, 6) is -1.68. The molecule has 0 saturated carbocycles. The van der Waals surface area contributed by atoms with Gasteiger partial charge in [0.05, 0.1) is 11.3 Å². The van der Waals surface area contributed by atoms with Gasteiger partial charge in [0.1, 0.15) is 5.82 Å². The average molecular weight is 292 g/mol. The third-order valence-electron chi connectivity index (χ3n) is 3.84. The van der Waals surface area contributed by atoms with Gasteiger partial charge in [-0.25, -0.2) is 4.39 Å². The molecule has 114 valence electrons. The summed E-state index contributed by atoms with van der Waals surface area (Å²) < 4.78 is 13.2. The minimum absolute atomic E-state index is 0.167. The highest BCUT2D eigenvalue weighted by molar-refractivity contribution is 6.52. The van der Waals surface area contributed by atoms with Gasteiger partial charge in [-0.3, -0.25) is 14.5 Å². The lowest BCUT2D eigenvalue weighted by Crippen LogP contribution is -2.43. The Bertz CT molecular complexity index is 561. The largest absolute Gasteiger partial charge is 0.303 e. The summed E-state index contributed by atoms with van der Waals surface area (Å²) >= 11 is 0. The highest BCUT2D eigenvalue weighted by Gasteiger charge is 2.36. The quantitative estimate of drug-likeness (QED) is 0.783. The first-order valence-corrected chi connectivity index (χ1v) is 7.24. The van der Waals surface area contributed by atoms with Gasteiger partial charge < -0.3 is 4.90 Å². The van der Waals surface area contributed by atoms with Crippen molar-refractivity contribution in [2.45, 2.75) is 39.8 Å². The van der Waals surface area contributed by atoms with Crippen LogP contribution in [0.2, 0.25) is 0 Å². The zero-order valence-corrected chi connectivity index (χ0v) is 12.9. The fourth-order valence-electron chi connectivity index (χ4n) is 2.82. The molecule has 1 heterocycles. The molecular formula is C16H21FN2O2. The minimum atomic E-state index is -0.620. The normalized spacial score (nSPS) is 14.8. The molecule has 4 nitrogen and oxygen atoms in total. The summed E-state index contributed by atoms with van der Waals surface area (Å²) in [4.78, 5) is 27.7. The first-order chi connectivity index (χ1) is 9.82. The Morgan fingerprint density at radius 3 is 2.33 bits per heavy atom. The van der Waals surface area contributed by atoms with Crippen molar-refractivity contribution >= 4 is 17.4 Å². The van der Waals surface area contributed by atoms with Gasteiger partial charge in [0.2, 0.25) is 0 Å². The number of halogens is 1. The second-order valence-electron chi connectivity index (χ2n) is 5.87. The van der Waals surface area contributed by atoms with E-state index in [0.29, 0.717) is 30.9 Å². The van der Waals surface area contributed by atoms with Crippen LogP contribution in [0, 0.1) is 5.82 Å². The van der Waals surface area contributed by atoms with Crippen LogP contribution in [-0.4, -0.2) is 41.8 Å². The molecular weight excluding hydrogens is 271 g/mol. The van der Waals surface area contributed by atoms with Crippen molar-refractivity contribution in [3.05, 3.63) is 29.6 Å². The molecule has 0 saturated heterocycles. The molecule has 2 rings (SSSR count). The Balaban J connectivity index is 2.19. The molecule has 1 amide bonds. The maximum absolute atomic E-state index is 13.2. The molecule has 0 atom stereocenters. The van der Waals surface area contributed by atoms with E-state index in [4.69, 9.17) is 0 Å². The first-order valence-electron chi connectivity index (χ1n) is 7.24. The maximum atomic E-state index is 13.2. The van der Waals surface area contributed by atoms with Crippen molar-refractivity contribution in [1.82, 2.24) is 4.90 Å². The Morgan fingerprint density at radius 1 is 1.14 bits per heavy atom. The summed E-state index contributed by atoms with van der Waals surface area (Å²) in [6.07, 6.45) is 0. The number of ketones is 1. The van der Waals surface area contributed by atoms with Crippen LogP contribution in [0.4, 0.5) is 10.1 Å². The van der Waals surface area contributed by atoms with Gasteiger partial charge in [0.15, 0.2) is 0 Å². The van der Waals surface area contributed by atoms with Crippen molar-refractivity contribution in [3.63, 3.8) is 0 Å². The van der Waals surface area contributed by atoms with Gasteiger partial charge >= 0.3 is 0 Å². The Hall–Kier alpha value is -1.75. The molecule has 0 aliphatic carbocycles. The van der Waals surface area contributed by atoms with Crippen molar-refractivity contribution in [2.75, 3.05) is 18.0 Å². The van der Waals surface area contributed by atoms with E-state index >= 15 is 0 Å². The van der Waals surface area contributed by atoms with Crippen LogP contribution in [0.1, 0.15) is 38.1 Å². The fourth-order valence-corrected chi connectivity index (χ4v) is 2.82. The summed E-state index contributed by atoms with van der Waals surface area (Å²) in [7, 11) is 0.